The lowest BCUT2D eigenvalue weighted by Gasteiger charge is -1.99. The van der Waals surface area contributed by atoms with Crippen molar-refractivity contribution in [1.82, 2.24) is 0 Å². The molecule has 0 atom stereocenters. The van der Waals surface area contributed by atoms with E-state index in [0.29, 0.717) is 5.56 Å². The van der Waals surface area contributed by atoms with E-state index in [1.807, 2.05) is 0 Å². The summed E-state index contributed by atoms with van der Waals surface area (Å²) in [7, 11) is 1.51. The maximum absolute atomic E-state index is 9.08. The van der Waals surface area contributed by atoms with Crippen LogP contribution < -0.4 is 11.5 Å². The molecule has 0 unspecified atom stereocenters. The van der Waals surface area contributed by atoms with E-state index in [-0.39, 0.29) is 24.0 Å². The largest absolute Gasteiger partial charge is 0.508 e. The lowest BCUT2D eigenvalue weighted by atomic mass is 10.2. The number of hydrogen-bond donors (Lipinski definition) is 3. The molecule has 0 aliphatic heterocycles. The molecule has 1 aromatic rings. The van der Waals surface area contributed by atoms with E-state index in [1.165, 1.54) is 19.2 Å². The standard InChI is InChI=1S/C10H14N4O2/c1-16-6-9(11)13-14-10(12)7-2-4-8(15)5-3-7/h2-5,15H,6H2,1H3,(H2,11,13)(H2,12,14). The van der Waals surface area contributed by atoms with Gasteiger partial charge in [-0.25, -0.2) is 0 Å². The van der Waals surface area contributed by atoms with Gasteiger partial charge in [0.2, 0.25) is 0 Å². The van der Waals surface area contributed by atoms with Gasteiger partial charge < -0.3 is 21.3 Å². The van der Waals surface area contributed by atoms with E-state index < -0.39 is 0 Å². The molecule has 5 N–H and O–H groups in total. The van der Waals surface area contributed by atoms with Gasteiger partial charge in [-0.15, -0.1) is 10.2 Å². The zero-order valence-corrected chi connectivity index (χ0v) is 8.92. The number of nitrogens with two attached hydrogens (primary N) is 2. The lowest BCUT2D eigenvalue weighted by molar-refractivity contribution is 0.244. The Morgan fingerprint density at radius 1 is 1.25 bits per heavy atom. The Bertz CT molecular complexity index is 398. The number of methoxy groups -OCH3 is 1. The van der Waals surface area contributed by atoms with E-state index in [1.54, 1.807) is 12.1 Å². The molecule has 0 aliphatic carbocycles. The number of hydrogen-bond acceptors (Lipinski definition) is 4. The van der Waals surface area contributed by atoms with E-state index in [9.17, 15) is 0 Å². The molecule has 1 aromatic carbocycles. The zero-order chi connectivity index (χ0) is 12.0. The molecule has 0 heterocycles. The fourth-order valence-electron chi connectivity index (χ4n) is 0.985. The summed E-state index contributed by atoms with van der Waals surface area (Å²) in [5.74, 6) is 0.627. The molecule has 0 saturated carbocycles. The normalized spacial score (nSPS) is 12.8. The third-order valence-electron chi connectivity index (χ3n) is 1.74. The summed E-state index contributed by atoms with van der Waals surface area (Å²) in [5.41, 5.74) is 11.8. The molecule has 0 saturated heterocycles. The van der Waals surface area contributed by atoms with Gasteiger partial charge in [0.05, 0.1) is 0 Å². The van der Waals surface area contributed by atoms with E-state index in [0.717, 1.165) is 0 Å². The highest BCUT2D eigenvalue weighted by Crippen LogP contribution is 2.09. The molecule has 0 spiro atoms. The molecule has 0 aromatic heterocycles. The summed E-state index contributed by atoms with van der Waals surface area (Å²) in [6.45, 7) is 0.201. The molecule has 0 radical (unpaired) electrons. The highest BCUT2D eigenvalue weighted by atomic mass is 16.5. The van der Waals surface area contributed by atoms with Crippen LogP contribution in [0.1, 0.15) is 5.56 Å². The maximum atomic E-state index is 9.08. The van der Waals surface area contributed by atoms with Crippen molar-refractivity contribution in [2.45, 2.75) is 0 Å². The number of nitrogens with zero attached hydrogens (tertiary/aromatic N) is 2. The molecule has 0 aliphatic rings. The van der Waals surface area contributed by atoms with Gasteiger partial charge in [-0.05, 0) is 24.3 Å². The lowest BCUT2D eigenvalue weighted by Crippen LogP contribution is -2.19. The second-order valence-corrected chi connectivity index (χ2v) is 3.06. The third-order valence-corrected chi connectivity index (χ3v) is 1.74. The van der Waals surface area contributed by atoms with Crippen molar-refractivity contribution in [2.75, 3.05) is 13.7 Å². The summed E-state index contributed by atoms with van der Waals surface area (Å²) in [4.78, 5) is 0. The van der Waals surface area contributed by atoms with Gasteiger partial charge in [0.1, 0.15) is 18.2 Å². The first kappa shape index (κ1) is 12.0. The van der Waals surface area contributed by atoms with Crippen LogP contribution in [0.2, 0.25) is 0 Å². The van der Waals surface area contributed by atoms with Crippen LogP contribution in [0, 0.1) is 0 Å². The molecule has 86 valence electrons. The highest BCUT2D eigenvalue weighted by Gasteiger charge is 1.98. The van der Waals surface area contributed by atoms with E-state index >= 15 is 0 Å². The number of aromatic hydroxyl groups is 1. The number of ether oxygens (including phenoxy) is 1. The van der Waals surface area contributed by atoms with Crippen LogP contribution >= 0.6 is 0 Å². The molecule has 16 heavy (non-hydrogen) atoms. The first-order valence-electron chi connectivity index (χ1n) is 4.57. The second-order valence-electron chi connectivity index (χ2n) is 3.06. The Morgan fingerprint density at radius 2 is 1.88 bits per heavy atom. The predicted molar refractivity (Wildman–Crippen MR) is 62.3 cm³/mol. The molecular weight excluding hydrogens is 208 g/mol. The van der Waals surface area contributed by atoms with Crippen LogP contribution in [0.25, 0.3) is 0 Å². The third kappa shape index (κ3) is 3.58. The van der Waals surface area contributed by atoms with Crippen LogP contribution in [0.3, 0.4) is 0 Å². The van der Waals surface area contributed by atoms with Crippen molar-refractivity contribution in [3.8, 4) is 5.75 Å². The zero-order valence-electron chi connectivity index (χ0n) is 8.92. The van der Waals surface area contributed by atoms with Crippen LogP contribution in [-0.4, -0.2) is 30.5 Å². The fraction of sp³-hybridized carbons (Fsp3) is 0.200. The summed E-state index contributed by atoms with van der Waals surface area (Å²) in [6, 6.07) is 6.30. The molecule has 0 bridgehead atoms. The van der Waals surface area contributed by atoms with Gasteiger partial charge in [-0.3, -0.25) is 0 Å². The average molecular weight is 222 g/mol. The van der Waals surface area contributed by atoms with Gasteiger partial charge in [-0.2, -0.15) is 0 Å². The van der Waals surface area contributed by atoms with Gasteiger partial charge in [0.15, 0.2) is 5.84 Å². The predicted octanol–water partition coefficient (Wildman–Crippen LogP) is 0.0161. The Hall–Kier alpha value is -2.08. The minimum Gasteiger partial charge on any atom is -0.508 e. The van der Waals surface area contributed by atoms with E-state index in [2.05, 4.69) is 10.2 Å². The van der Waals surface area contributed by atoms with Gasteiger partial charge in [-0.1, -0.05) is 0 Å². The molecule has 6 heteroatoms. The molecule has 0 fully saturated rings. The van der Waals surface area contributed by atoms with Crippen LogP contribution in [0.15, 0.2) is 34.5 Å². The monoisotopic (exact) mass is 222 g/mol. The van der Waals surface area contributed by atoms with Crippen LogP contribution in [-0.2, 0) is 4.74 Å². The summed E-state index contributed by atoms with van der Waals surface area (Å²) >= 11 is 0. The second kappa shape index (κ2) is 5.72. The molecular formula is C10H14N4O2. The van der Waals surface area contributed by atoms with Gasteiger partial charge >= 0.3 is 0 Å². The smallest absolute Gasteiger partial charge is 0.153 e. The first-order valence-corrected chi connectivity index (χ1v) is 4.57. The molecule has 1 rings (SSSR count). The summed E-state index contributed by atoms with van der Waals surface area (Å²) in [6.07, 6.45) is 0. The van der Waals surface area contributed by atoms with Crippen molar-refractivity contribution in [3.05, 3.63) is 29.8 Å². The maximum Gasteiger partial charge on any atom is 0.153 e. The number of phenols is 1. The topological polar surface area (TPSA) is 106 Å². The minimum absolute atomic E-state index is 0.166. The number of amidine groups is 2. The van der Waals surface area contributed by atoms with Crippen LogP contribution in [0.5, 0.6) is 5.75 Å². The number of benzene rings is 1. The fourth-order valence-corrected chi connectivity index (χ4v) is 0.985. The minimum atomic E-state index is 0.166. The van der Waals surface area contributed by atoms with Crippen LogP contribution in [0.4, 0.5) is 0 Å². The average Bonchev–Trinajstić information content (AvgIpc) is 2.27. The SMILES string of the molecule is COC/C(N)=N/N=C(\N)c1ccc(O)cc1. The Morgan fingerprint density at radius 3 is 2.44 bits per heavy atom. The van der Waals surface area contributed by atoms with Gasteiger partial charge in [0.25, 0.3) is 0 Å². The van der Waals surface area contributed by atoms with Crippen molar-refractivity contribution < 1.29 is 9.84 Å². The molecule has 0 amide bonds. The Balaban J connectivity index is 2.77. The first-order chi connectivity index (χ1) is 7.63. The van der Waals surface area contributed by atoms with Gasteiger partial charge in [0, 0.05) is 12.7 Å². The Kier molecular flexibility index (Phi) is 4.28. The Labute approximate surface area is 93.2 Å². The van der Waals surface area contributed by atoms with E-state index in [4.69, 9.17) is 21.3 Å². The highest BCUT2D eigenvalue weighted by molar-refractivity contribution is 5.98. The number of phenolic OH excluding ortho intramolecular Hbond substituents is 1. The summed E-state index contributed by atoms with van der Waals surface area (Å²) in [5, 5.41) is 16.5. The van der Waals surface area contributed by atoms with Crippen molar-refractivity contribution in [1.29, 1.82) is 0 Å². The summed E-state index contributed by atoms with van der Waals surface area (Å²) < 4.78 is 4.76. The molecule has 6 nitrogen and oxygen atoms in total. The number of rotatable bonds is 4. The van der Waals surface area contributed by atoms with Crippen molar-refractivity contribution in [3.63, 3.8) is 0 Å². The van der Waals surface area contributed by atoms with Crippen molar-refractivity contribution in [2.24, 2.45) is 21.7 Å². The van der Waals surface area contributed by atoms with Crippen molar-refractivity contribution >= 4 is 11.7 Å². The quantitative estimate of drug-likeness (QED) is 0.379.